The Morgan fingerprint density at radius 3 is 2.42 bits per heavy atom. The fourth-order valence-electron chi connectivity index (χ4n) is 2.42. The molecule has 0 bridgehead atoms. The van der Waals surface area contributed by atoms with Crippen molar-refractivity contribution in [3.05, 3.63) is 77.0 Å². The van der Waals surface area contributed by atoms with Gasteiger partial charge in [0.25, 0.3) is 5.91 Å². The van der Waals surface area contributed by atoms with Gasteiger partial charge in [0, 0.05) is 18.4 Å². The van der Waals surface area contributed by atoms with E-state index >= 15 is 0 Å². The van der Waals surface area contributed by atoms with Crippen LogP contribution < -0.4 is 10.6 Å². The van der Waals surface area contributed by atoms with Gasteiger partial charge in [-0.3, -0.25) is 4.79 Å². The van der Waals surface area contributed by atoms with Gasteiger partial charge in [0.05, 0.1) is 0 Å². The fraction of sp³-hybridized carbons (Fsp3) is 0.200. The summed E-state index contributed by atoms with van der Waals surface area (Å²) in [5.74, 6) is -0.370. The van der Waals surface area contributed by atoms with Crippen molar-refractivity contribution in [3.8, 4) is 6.07 Å². The van der Waals surface area contributed by atoms with Crippen molar-refractivity contribution in [2.24, 2.45) is 0 Å². The van der Waals surface area contributed by atoms with E-state index < -0.39 is 0 Å². The highest BCUT2D eigenvalue weighted by atomic mass is 16.1. The number of carbonyl (C=O) groups excluding carboxylic acids is 1. The molecule has 0 heterocycles. The molecule has 0 saturated carbocycles. The Kier molecular flexibility index (Phi) is 6.16. The Morgan fingerprint density at radius 1 is 1.12 bits per heavy atom. The van der Waals surface area contributed by atoms with Crippen LogP contribution in [-0.4, -0.2) is 12.5 Å². The minimum Gasteiger partial charge on any atom is -0.360 e. The summed E-state index contributed by atoms with van der Waals surface area (Å²) in [6.45, 7) is 4.50. The van der Waals surface area contributed by atoms with E-state index in [9.17, 15) is 10.1 Å². The zero-order valence-electron chi connectivity index (χ0n) is 14.0. The normalized spacial score (nSPS) is 10.8. The van der Waals surface area contributed by atoms with Gasteiger partial charge in [-0.05, 0) is 49.1 Å². The van der Waals surface area contributed by atoms with Gasteiger partial charge >= 0.3 is 0 Å². The van der Waals surface area contributed by atoms with E-state index in [2.05, 4.69) is 16.7 Å². The highest BCUT2D eigenvalue weighted by molar-refractivity contribution is 5.97. The van der Waals surface area contributed by atoms with Crippen molar-refractivity contribution in [1.82, 2.24) is 5.32 Å². The maximum absolute atomic E-state index is 12.1. The number of hydrogen-bond donors (Lipinski definition) is 2. The molecule has 0 atom stereocenters. The maximum Gasteiger partial charge on any atom is 0.263 e. The molecule has 0 aliphatic carbocycles. The molecule has 0 saturated heterocycles. The lowest BCUT2D eigenvalue weighted by molar-refractivity contribution is -0.117. The van der Waals surface area contributed by atoms with E-state index in [0.29, 0.717) is 6.54 Å². The Bertz CT molecular complexity index is 753. The van der Waals surface area contributed by atoms with Crippen LogP contribution in [0.2, 0.25) is 0 Å². The van der Waals surface area contributed by atoms with E-state index in [1.165, 1.54) is 6.20 Å². The van der Waals surface area contributed by atoms with E-state index in [1.807, 2.05) is 62.4 Å². The van der Waals surface area contributed by atoms with Crippen LogP contribution in [-0.2, 0) is 11.2 Å². The molecule has 0 radical (unpaired) electrons. The first-order valence-electron chi connectivity index (χ1n) is 7.85. The highest BCUT2D eigenvalue weighted by Gasteiger charge is 2.08. The van der Waals surface area contributed by atoms with Crippen molar-refractivity contribution in [3.63, 3.8) is 0 Å². The summed E-state index contributed by atoms with van der Waals surface area (Å²) in [7, 11) is 0. The van der Waals surface area contributed by atoms with Crippen LogP contribution in [0.5, 0.6) is 0 Å². The molecule has 2 N–H and O–H groups in total. The summed E-state index contributed by atoms with van der Waals surface area (Å²) in [6.07, 6.45) is 2.18. The Balaban J connectivity index is 1.92. The summed E-state index contributed by atoms with van der Waals surface area (Å²) in [6, 6.07) is 17.8. The SMILES string of the molecule is Cc1cc(C)cc(N/C=C(/C#N)C(=O)NCCc2ccccc2)c1. The maximum atomic E-state index is 12.1. The van der Waals surface area contributed by atoms with Crippen LogP contribution in [0.25, 0.3) is 0 Å². The van der Waals surface area contributed by atoms with Crippen LogP contribution in [0, 0.1) is 25.2 Å². The number of nitriles is 1. The number of nitrogens with zero attached hydrogens (tertiary/aromatic N) is 1. The van der Waals surface area contributed by atoms with Gasteiger partial charge in [-0.2, -0.15) is 5.26 Å². The van der Waals surface area contributed by atoms with Gasteiger partial charge in [0.1, 0.15) is 11.6 Å². The minimum atomic E-state index is -0.370. The molecule has 0 unspecified atom stereocenters. The second-order valence-electron chi connectivity index (χ2n) is 5.68. The standard InChI is InChI=1S/C20H21N3O/c1-15-10-16(2)12-19(11-15)23-14-18(13-21)20(24)22-9-8-17-6-4-3-5-7-17/h3-7,10-12,14,23H,8-9H2,1-2H3,(H,22,24)/b18-14-. The van der Waals surface area contributed by atoms with Crippen molar-refractivity contribution in [1.29, 1.82) is 5.26 Å². The molecule has 2 aromatic carbocycles. The van der Waals surface area contributed by atoms with Gasteiger partial charge in [0.2, 0.25) is 0 Å². The lowest BCUT2D eigenvalue weighted by atomic mass is 10.1. The molecule has 24 heavy (non-hydrogen) atoms. The molecule has 4 heteroatoms. The third kappa shape index (κ3) is 5.29. The number of amides is 1. The average Bonchev–Trinajstić information content (AvgIpc) is 2.55. The number of benzene rings is 2. The lowest BCUT2D eigenvalue weighted by Crippen LogP contribution is -2.27. The smallest absolute Gasteiger partial charge is 0.263 e. The molecule has 0 aliphatic heterocycles. The summed E-state index contributed by atoms with van der Waals surface area (Å²) in [4.78, 5) is 12.1. The molecule has 0 fully saturated rings. The van der Waals surface area contributed by atoms with Crippen molar-refractivity contribution in [2.75, 3.05) is 11.9 Å². The molecule has 1 amide bonds. The third-order valence-electron chi connectivity index (χ3n) is 3.51. The first-order chi connectivity index (χ1) is 11.6. The number of hydrogen-bond acceptors (Lipinski definition) is 3. The molecule has 2 aromatic rings. The summed E-state index contributed by atoms with van der Waals surface area (Å²) < 4.78 is 0. The quantitative estimate of drug-likeness (QED) is 0.633. The second kappa shape index (κ2) is 8.54. The predicted octanol–water partition coefficient (Wildman–Crippen LogP) is 3.48. The van der Waals surface area contributed by atoms with Gasteiger partial charge < -0.3 is 10.6 Å². The molecule has 122 valence electrons. The largest absolute Gasteiger partial charge is 0.360 e. The van der Waals surface area contributed by atoms with E-state index in [-0.39, 0.29) is 11.5 Å². The number of anilines is 1. The van der Waals surface area contributed by atoms with Crippen LogP contribution >= 0.6 is 0 Å². The van der Waals surface area contributed by atoms with Crippen LogP contribution in [0.1, 0.15) is 16.7 Å². The topological polar surface area (TPSA) is 64.9 Å². The van der Waals surface area contributed by atoms with Gasteiger partial charge in [-0.25, -0.2) is 0 Å². The Morgan fingerprint density at radius 2 is 1.79 bits per heavy atom. The third-order valence-corrected chi connectivity index (χ3v) is 3.51. The average molecular weight is 319 g/mol. The minimum absolute atomic E-state index is 0.0576. The molecule has 0 aromatic heterocycles. The van der Waals surface area contributed by atoms with Crippen molar-refractivity contribution >= 4 is 11.6 Å². The second-order valence-corrected chi connectivity index (χ2v) is 5.68. The van der Waals surface area contributed by atoms with E-state index in [1.54, 1.807) is 0 Å². The van der Waals surface area contributed by atoms with Crippen LogP contribution in [0.15, 0.2) is 60.3 Å². The molecular weight excluding hydrogens is 298 g/mol. The predicted molar refractivity (Wildman–Crippen MR) is 96.4 cm³/mol. The molecule has 4 nitrogen and oxygen atoms in total. The summed E-state index contributed by atoms with van der Waals surface area (Å²) in [5, 5.41) is 15.0. The first kappa shape index (κ1) is 17.3. The van der Waals surface area contributed by atoms with Crippen molar-refractivity contribution in [2.45, 2.75) is 20.3 Å². The van der Waals surface area contributed by atoms with Gasteiger partial charge in [0.15, 0.2) is 0 Å². The monoisotopic (exact) mass is 319 g/mol. The molecule has 2 rings (SSSR count). The fourth-order valence-corrected chi connectivity index (χ4v) is 2.42. The molecular formula is C20H21N3O. The van der Waals surface area contributed by atoms with Crippen LogP contribution in [0.4, 0.5) is 5.69 Å². The number of rotatable bonds is 6. The summed E-state index contributed by atoms with van der Waals surface area (Å²) in [5.41, 5.74) is 4.31. The number of carbonyl (C=O) groups is 1. The number of nitrogens with one attached hydrogen (secondary N) is 2. The van der Waals surface area contributed by atoms with E-state index in [4.69, 9.17) is 0 Å². The zero-order chi connectivity index (χ0) is 17.4. The molecule has 0 spiro atoms. The van der Waals surface area contributed by atoms with Gasteiger partial charge in [-0.1, -0.05) is 36.4 Å². The molecule has 0 aliphatic rings. The Hall–Kier alpha value is -3.06. The number of aryl methyl sites for hydroxylation is 2. The van der Waals surface area contributed by atoms with Crippen molar-refractivity contribution < 1.29 is 4.79 Å². The first-order valence-corrected chi connectivity index (χ1v) is 7.85. The van der Waals surface area contributed by atoms with E-state index in [0.717, 1.165) is 28.8 Å². The van der Waals surface area contributed by atoms with Gasteiger partial charge in [-0.15, -0.1) is 0 Å². The Labute approximate surface area is 142 Å². The highest BCUT2D eigenvalue weighted by Crippen LogP contribution is 2.14. The summed E-state index contributed by atoms with van der Waals surface area (Å²) >= 11 is 0. The van der Waals surface area contributed by atoms with Crippen LogP contribution in [0.3, 0.4) is 0 Å². The lowest BCUT2D eigenvalue weighted by Gasteiger charge is -2.07. The zero-order valence-corrected chi connectivity index (χ0v) is 14.0.